The summed E-state index contributed by atoms with van der Waals surface area (Å²) in [5.74, 6) is 0.634. The minimum Gasteiger partial charge on any atom is -0.309 e. The lowest BCUT2D eigenvalue weighted by Gasteiger charge is -2.24. The van der Waals surface area contributed by atoms with Crippen molar-refractivity contribution in [3.63, 3.8) is 0 Å². The van der Waals surface area contributed by atoms with E-state index in [1.54, 1.807) is 11.1 Å². The first kappa shape index (κ1) is 12.9. The number of rotatable bonds is 4. The molecule has 1 aliphatic rings. The first-order valence-electron chi connectivity index (χ1n) is 7.17. The number of thiophene rings is 1. The number of hydrogen-bond acceptors (Lipinski definition) is 2. The summed E-state index contributed by atoms with van der Waals surface area (Å²) in [5.41, 5.74) is 3.10. The van der Waals surface area contributed by atoms with Gasteiger partial charge in [-0.05, 0) is 49.6 Å². The second-order valence-corrected chi connectivity index (χ2v) is 6.65. The largest absolute Gasteiger partial charge is 0.309 e. The number of likely N-dealkylation sites (N-methyl/N-ethyl adjacent to an activating group) is 1. The molecule has 0 bridgehead atoms. The lowest BCUT2D eigenvalue weighted by Crippen LogP contribution is -2.25. The minimum absolute atomic E-state index is 0.479. The van der Waals surface area contributed by atoms with E-state index in [2.05, 4.69) is 55.6 Å². The van der Waals surface area contributed by atoms with Crippen LogP contribution in [-0.2, 0) is 6.42 Å². The highest BCUT2D eigenvalue weighted by Crippen LogP contribution is 2.43. The first-order chi connectivity index (χ1) is 9.29. The van der Waals surface area contributed by atoms with Crippen molar-refractivity contribution in [2.75, 3.05) is 6.54 Å². The molecule has 1 aromatic carbocycles. The van der Waals surface area contributed by atoms with Crippen LogP contribution in [0.5, 0.6) is 0 Å². The number of aryl methyl sites for hydroxylation is 2. The van der Waals surface area contributed by atoms with Gasteiger partial charge in [0.15, 0.2) is 0 Å². The third-order valence-electron chi connectivity index (χ3n) is 4.07. The predicted octanol–water partition coefficient (Wildman–Crippen LogP) is 4.44. The highest BCUT2D eigenvalue weighted by molar-refractivity contribution is 7.12. The van der Waals surface area contributed by atoms with Gasteiger partial charge < -0.3 is 5.32 Å². The van der Waals surface area contributed by atoms with E-state index in [0.717, 1.165) is 6.54 Å². The van der Waals surface area contributed by atoms with Crippen LogP contribution in [0.2, 0.25) is 0 Å². The quantitative estimate of drug-likeness (QED) is 0.867. The Morgan fingerprint density at radius 2 is 2.11 bits per heavy atom. The molecule has 0 saturated carbocycles. The van der Waals surface area contributed by atoms with Crippen LogP contribution in [0.3, 0.4) is 0 Å². The van der Waals surface area contributed by atoms with E-state index in [1.165, 1.54) is 22.6 Å². The maximum Gasteiger partial charge on any atom is 0.0484 e. The molecule has 1 N–H and O–H groups in total. The third-order valence-corrected chi connectivity index (χ3v) is 5.16. The molecule has 1 aliphatic carbocycles. The first-order valence-corrected chi connectivity index (χ1v) is 7.98. The lowest BCUT2D eigenvalue weighted by atomic mass is 9.92. The van der Waals surface area contributed by atoms with Gasteiger partial charge in [-0.3, -0.25) is 0 Å². The van der Waals surface area contributed by atoms with Gasteiger partial charge in [0.2, 0.25) is 0 Å². The summed E-state index contributed by atoms with van der Waals surface area (Å²) >= 11 is 1.93. The molecule has 1 aromatic heterocycles. The number of nitrogens with one attached hydrogen (secondary N) is 1. The van der Waals surface area contributed by atoms with Crippen LogP contribution in [-0.4, -0.2) is 6.54 Å². The zero-order valence-electron chi connectivity index (χ0n) is 11.6. The van der Waals surface area contributed by atoms with Gasteiger partial charge in [0, 0.05) is 21.7 Å². The van der Waals surface area contributed by atoms with Crippen molar-refractivity contribution in [3.05, 3.63) is 57.3 Å². The summed E-state index contributed by atoms with van der Waals surface area (Å²) in [6, 6.07) is 14.0. The molecule has 100 valence electrons. The molecule has 3 rings (SSSR count). The van der Waals surface area contributed by atoms with Crippen LogP contribution in [0.25, 0.3) is 0 Å². The van der Waals surface area contributed by atoms with Crippen LogP contribution in [0.4, 0.5) is 0 Å². The smallest absolute Gasteiger partial charge is 0.0484 e. The normalized spacial score (nSPS) is 19.4. The molecule has 2 heteroatoms. The Balaban J connectivity index is 1.94. The molecule has 0 fully saturated rings. The second-order valence-electron chi connectivity index (χ2n) is 5.33. The maximum absolute atomic E-state index is 3.71. The van der Waals surface area contributed by atoms with Crippen molar-refractivity contribution >= 4 is 11.3 Å². The van der Waals surface area contributed by atoms with Gasteiger partial charge >= 0.3 is 0 Å². The molecule has 0 spiro atoms. The standard InChI is InChI=1S/C17H21NS/c1-3-18-17(16-11-8-12(2)19-16)15-10-9-13-6-4-5-7-14(13)15/h4-8,11,15,17-18H,3,9-10H2,1-2H3. The molecule has 19 heavy (non-hydrogen) atoms. The van der Waals surface area contributed by atoms with E-state index >= 15 is 0 Å². The van der Waals surface area contributed by atoms with Gasteiger partial charge in [0.25, 0.3) is 0 Å². The van der Waals surface area contributed by atoms with E-state index in [4.69, 9.17) is 0 Å². The van der Waals surface area contributed by atoms with Crippen molar-refractivity contribution in [1.82, 2.24) is 5.32 Å². The summed E-state index contributed by atoms with van der Waals surface area (Å²) in [5, 5.41) is 3.71. The predicted molar refractivity (Wildman–Crippen MR) is 83.0 cm³/mol. The topological polar surface area (TPSA) is 12.0 Å². The summed E-state index contributed by atoms with van der Waals surface area (Å²) < 4.78 is 0. The van der Waals surface area contributed by atoms with Gasteiger partial charge in [0.1, 0.15) is 0 Å². The molecule has 0 aliphatic heterocycles. The van der Waals surface area contributed by atoms with Crippen molar-refractivity contribution < 1.29 is 0 Å². The molecule has 0 amide bonds. The monoisotopic (exact) mass is 271 g/mol. The van der Waals surface area contributed by atoms with Crippen LogP contribution >= 0.6 is 11.3 Å². The van der Waals surface area contributed by atoms with E-state index in [1.807, 2.05) is 11.3 Å². The number of benzene rings is 1. The Morgan fingerprint density at radius 1 is 1.26 bits per heavy atom. The molecule has 0 saturated heterocycles. The fourth-order valence-corrected chi connectivity index (χ4v) is 4.24. The molecule has 2 aromatic rings. The Kier molecular flexibility index (Phi) is 3.72. The molecule has 1 heterocycles. The number of fused-ring (bicyclic) bond motifs is 1. The van der Waals surface area contributed by atoms with Crippen LogP contribution in [0, 0.1) is 6.92 Å². The van der Waals surface area contributed by atoms with Gasteiger partial charge in [-0.1, -0.05) is 31.2 Å². The van der Waals surface area contributed by atoms with Gasteiger partial charge in [-0.25, -0.2) is 0 Å². The second kappa shape index (κ2) is 5.48. The van der Waals surface area contributed by atoms with Crippen molar-refractivity contribution in [2.24, 2.45) is 0 Å². The Bertz CT molecular complexity index is 558. The average molecular weight is 271 g/mol. The van der Waals surface area contributed by atoms with Crippen LogP contribution in [0.1, 0.15) is 46.2 Å². The highest BCUT2D eigenvalue weighted by atomic mass is 32.1. The van der Waals surface area contributed by atoms with Crippen molar-refractivity contribution in [2.45, 2.75) is 38.6 Å². The molecular weight excluding hydrogens is 250 g/mol. The van der Waals surface area contributed by atoms with Crippen LogP contribution in [0.15, 0.2) is 36.4 Å². The molecule has 2 unspecified atom stereocenters. The third kappa shape index (κ3) is 2.47. The summed E-state index contributed by atoms with van der Waals surface area (Å²) in [6.45, 7) is 5.42. The number of hydrogen-bond donors (Lipinski definition) is 1. The summed E-state index contributed by atoms with van der Waals surface area (Å²) in [6.07, 6.45) is 2.50. The molecule has 2 atom stereocenters. The Morgan fingerprint density at radius 3 is 2.84 bits per heavy atom. The van der Waals surface area contributed by atoms with E-state index in [9.17, 15) is 0 Å². The van der Waals surface area contributed by atoms with Gasteiger partial charge in [0.05, 0.1) is 0 Å². The molecular formula is C17H21NS. The maximum atomic E-state index is 3.71. The minimum atomic E-state index is 0.479. The van der Waals surface area contributed by atoms with Gasteiger partial charge in [-0.15, -0.1) is 11.3 Å². The molecule has 0 radical (unpaired) electrons. The zero-order valence-corrected chi connectivity index (χ0v) is 12.5. The molecule has 1 nitrogen and oxygen atoms in total. The SMILES string of the molecule is CCNC(c1ccc(C)s1)C1CCc2ccccc21. The zero-order chi connectivity index (χ0) is 13.2. The highest BCUT2D eigenvalue weighted by Gasteiger charge is 2.30. The Labute approximate surface area is 119 Å². The van der Waals surface area contributed by atoms with Gasteiger partial charge in [-0.2, -0.15) is 0 Å². The fraction of sp³-hybridized carbons (Fsp3) is 0.412. The lowest BCUT2D eigenvalue weighted by molar-refractivity contribution is 0.459. The van der Waals surface area contributed by atoms with E-state index in [-0.39, 0.29) is 0 Å². The average Bonchev–Trinajstić information content (AvgIpc) is 3.03. The van der Waals surface area contributed by atoms with Crippen LogP contribution < -0.4 is 5.32 Å². The van der Waals surface area contributed by atoms with Crippen molar-refractivity contribution in [1.29, 1.82) is 0 Å². The fourth-order valence-electron chi connectivity index (χ4n) is 3.22. The van der Waals surface area contributed by atoms with E-state index < -0.39 is 0 Å². The van der Waals surface area contributed by atoms with E-state index in [0.29, 0.717) is 12.0 Å². The summed E-state index contributed by atoms with van der Waals surface area (Å²) in [4.78, 5) is 2.89. The Hall–Kier alpha value is -1.12. The van der Waals surface area contributed by atoms with Crippen molar-refractivity contribution in [3.8, 4) is 0 Å². The summed E-state index contributed by atoms with van der Waals surface area (Å²) in [7, 11) is 0.